The van der Waals surface area contributed by atoms with Crippen LogP contribution in [0.3, 0.4) is 0 Å². The van der Waals surface area contributed by atoms with Gasteiger partial charge in [0, 0.05) is 47.8 Å². The molecule has 5 rings (SSSR count). The van der Waals surface area contributed by atoms with Crippen LogP contribution in [-0.4, -0.2) is 42.3 Å². The van der Waals surface area contributed by atoms with Crippen molar-refractivity contribution in [2.24, 2.45) is 0 Å². The monoisotopic (exact) mass is 489 g/mol. The second-order valence-electron chi connectivity index (χ2n) is 7.78. The Kier molecular flexibility index (Phi) is 5.53. The van der Waals surface area contributed by atoms with Gasteiger partial charge in [-0.3, -0.25) is 4.40 Å². The lowest BCUT2D eigenvalue weighted by atomic mass is 10.0. The van der Waals surface area contributed by atoms with Crippen molar-refractivity contribution in [1.82, 2.24) is 14.4 Å². The van der Waals surface area contributed by atoms with Gasteiger partial charge in [0.25, 0.3) is 0 Å². The van der Waals surface area contributed by atoms with Crippen LogP contribution >= 0.6 is 0 Å². The number of imidazole rings is 1. The first-order chi connectivity index (χ1) is 16.2. The number of benzene rings is 1. The number of hydrogen-bond acceptors (Lipinski definition) is 6. The summed E-state index contributed by atoms with van der Waals surface area (Å²) in [5.74, 6) is -0.587. The van der Waals surface area contributed by atoms with Crippen LogP contribution in [0.15, 0.2) is 59.9 Å². The molecule has 1 aromatic carbocycles. The zero-order valence-corrected chi connectivity index (χ0v) is 18.6. The van der Waals surface area contributed by atoms with Crippen molar-refractivity contribution < 1.29 is 31.1 Å². The Balaban J connectivity index is 1.65. The van der Waals surface area contributed by atoms with E-state index in [0.717, 1.165) is 6.26 Å². The molecule has 0 N–H and O–H groups in total. The Bertz CT molecular complexity index is 1490. The summed E-state index contributed by atoms with van der Waals surface area (Å²) in [4.78, 5) is 8.45. The first-order valence-corrected chi connectivity index (χ1v) is 12.1. The Morgan fingerprint density at radius 1 is 1.21 bits per heavy atom. The Labute approximate surface area is 192 Å². The summed E-state index contributed by atoms with van der Waals surface area (Å²) in [6, 6.07) is 10.4. The molecule has 176 valence electrons. The third-order valence-electron chi connectivity index (χ3n) is 5.54. The number of para-hydroxylation sites is 1. The minimum atomic E-state index is -3.50. The van der Waals surface area contributed by atoms with Crippen molar-refractivity contribution in [1.29, 1.82) is 0 Å². The van der Waals surface area contributed by atoms with Crippen molar-refractivity contribution in [3.05, 3.63) is 77.6 Å². The molecule has 1 aliphatic heterocycles. The second kappa shape index (κ2) is 8.41. The largest absolute Gasteiger partial charge is 0.434 e. The summed E-state index contributed by atoms with van der Waals surface area (Å²) >= 11 is 0. The van der Waals surface area contributed by atoms with E-state index >= 15 is 0 Å². The molecule has 0 aliphatic carbocycles. The fraction of sp³-hybridized carbons (Fsp3) is 0.217. The molecule has 1 atom stereocenters. The number of alkyl halides is 2. The van der Waals surface area contributed by atoms with Gasteiger partial charge in [-0.1, -0.05) is 18.2 Å². The van der Waals surface area contributed by atoms with Gasteiger partial charge in [-0.15, -0.1) is 0 Å². The molecule has 34 heavy (non-hydrogen) atoms. The maximum Gasteiger partial charge on any atom is 0.387 e. The van der Waals surface area contributed by atoms with E-state index in [1.807, 2.05) is 0 Å². The van der Waals surface area contributed by atoms with Gasteiger partial charge in [-0.25, -0.2) is 22.8 Å². The molecule has 0 saturated heterocycles. The minimum absolute atomic E-state index is 0.0202. The number of hydrogen-bond donors (Lipinski definition) is 0. The van der Waals surface area contributed by atoms with E-state index in [1.54, 1.807) is 22.6 Å². The van der Waals surface area contributed by atoms with E-state index < -0.39 is 28.4 Å². The van der Waals surface area contributed by atoms with Crippen LogP contribution in [0, 0.1) is 5.82 Å². The molecule has 0 bridgehead atoms. The van der Waals surface area contributed by atoms with Crippen molar-refractivity contribution in [2.75, 3.05) is 12.9 Å². The third kappa shape index (κ3) is 4.01. The van der Waals surface area contributed by atoms with Crippen LogP contribution in [0.25, 0.3) is 16.8 Å². The SMILES string of the molecule is CS(=O)(=O)c1ccc(-c2cn3c4c(nc3cc2F)CCO[C@@H]4c2ccccc2OC(F)F)cn1. The molecule has 0 spiro atoms. The van der Waals surface area contributed by atoms with E-state index in [0.29, 0.717) is 41.2 Å². The normalized spacial score (nSPS) is 16.1. The number of ether oxygens (including phenoxy) is 2. The standard InChI is InChI=1S/C23H18F3N3O4S/c1-34(30,31)20-7-6-13(11-27-20)15-12-29-19(10-16(15)24)28-17-8-9-32-22(21(17)29)14-4-2-3-5-18(14)33-23(25)26/h2-7,10-12,22-23H,8-9H2,1H3/t22-/m1/s1. The van der Waals surface area contributed by atoms with Gasteiger partial charge >= 0.3 is 6.61 Å². The van der Waals surface area contributed by atoms with E-state index in [2.05, 4.69) is 9.97 Å². The highest BCUT2D eigenvalue weighted by Crippen LogP contribution is 2.39. The van der Waals surface area contributed by atoms with Crippen molar-refractivity contribution in [2.45, 2.75) is 24.2 Å². The molecule has 3 aromatic heterocycles. The first-order valence-electron chi connectivity index (χ1n) is 10.2. The first kappa shape index (κ1) is 22.4. The highest BCUT2D eigenvalue weighted by atomic mass is 32.2. The molecule has 7 nitrogen and oxygen atoms in total. The van der Waals surface area contributed by atoms with Gasteiger partial charge < -0.3 is 9.47 Å². The number of nitrogens with zero attached hydrogens (tertiary/aromatic N) is 3. The van der Waals surface area contributed by atoms with Crippen molar-refractivity contribution in [3.8, 4) is 16.9 Å². The molecule has 4 aromatic rings. The van der Waals surface area contributed by atoms with E-state index in [1.165, 1.54) is 36.7 Å². The molecular formula is C23H18F3N3O4S. The highest BCUT2D eigenvalue weighted by molar-refractivity contribution is 7.90. The Morgan fingerprint density at radius 2 is 2.00 bits per heavy atom. The highest BCUT2D eigenvalue weighted by Gasteiger charge is 2.31. The average Bonchev–Trinajstić information content (AvgIpc) is 3.15. The number of fused-ring (bicyclic) bond motifs is 3. The molecular weight excluding hydrogens is 471 g/mol. The number of sulfone groups is 1. The van der Waals surface area contributed by atoms with Crippen LogP contribution in [-0.2, 0) is 21.0 Å². The lowest BCUT2D eigenvalue weighted by molar-refractivity contribution is -0.0522. The molecule has 1 aliphatic rings. The fourth-order valence-electron chi connectivity index (χ4n) is 4.05. The average molecular weight is 489 g/mol. The maximum atomic E-state index is 15.0. The van der Waals surface area contributed by atoms with Gasteiger partial charge in [-0.2, -0.15) is 8.78 Å². The molecule has 0 amide bonds. The molecule has 11 heteroatoms. The van der Waals surface area contributed by atoms with Gasteiger partial charge in [0.15, 0.2) is 14.9 Å². The van der Waals surface area contributed by atoms with Crippen LogP contribution < -0.4 is 4.74 Å². The van der Waals surface area contributed by atoms with Crippen LogP contribution in [0.5, 0.6) is 5.75 Å². The minimum Gasteiger partial charge on any atom is -0.434 e. The van der Waals surface area contributed by atoms with Gasteiger partial charge in [0.1, 0.15) is 23.3 Å². The van der Waals surface area contributed by atoms with Gasteiger partial charge in [0.2, 0.25) is 0 Å². The summed E-state index contributed by atoms with van der Waals surface area (Å²) < 4.78 is 76.6. The fourth-order valence-corrected chi connectivity index (χ4v) is 4.61. The summed E-state index contributed by atoms with van der Waals surface area (Å²) in [5, 5.41) is -0.123. The van der Waals surface area contributed by atoms with E-state index in [4.69, 9.17) is 9.47 Å². The molecule has 0 fully saturated rings. The lowest BCUT2D eigenvalue weighted by Crippen LogP contribution is -2.20. The smallest absolute Gasteiger partial charge is 0.387 e. The lowest BCUT2D eigenvalue weighted by Gasteiger charge is -2.25. The molecule has 4 heterocycles. The zero-order chi connectivity index (χ0) is 24.0. The van der Waals surface area contributed by atoms with Crippen molar-refractivity contribution >= 4 is 15.5 Å². The zero-order valence-electron chi connectivity index (χ0n) is 17.8. The van der Waals surface area contributed by atoms with E-state index in [9.17, 15) is 21.6 Å². The quantitative estimate of drug-likeness (QED) is 0.418. The summed E-state index contributed by atoms with van der Waals surface area (Å²) in [6.07, 6.45) is 3.54. The van der Waals surface area contributed by atoms with Gasteiger partial charge in [-0.05, 0) is 18.2 Å². The Hall–Kier alpha value is -3.44. The van der Waals surface area contributed by atoms with Crippen molar-refractivity contribution in [3.63, 3.8) is 0 Å². The Morgan fingerprint density at radius 3 is 2.71 bits per heavy atom. The maximum absolute atomic E-state index is 15.0. The molecule has 0 unspecified atom stereocenters. The van der Waals surface area contributed by atoms with Crippen LogP contribution in [0.4, 0.5) is 13.2 Å². The topological polar surface area (TPSA) is 82.8 Å². The number of pyridine rings is 2. The summed E-state index contributed by atoms with van der Waals surface area (Å²) in [7, 11) is -3.50. The molecule has 0 radical (unpaired) electrons. The molecule has 0 saturated carbocycles. The summed E-state index contributed by atoms with van der Waals surface area (Å²) in [6.45, 7) is -2.70. The third-order valence-corrected chi connectivity index (χ3v) is 6.54. The van der Waals surface area contributed by atoms with Gasteiger partial charge in [0.05, 0.1) is 18.0 Å². The second-order valence-corrected chi connectivity index (χ2v) is 9.74. The predicted molar refractivity (Wildman–Crippen MR) is 116 cm³/mol. The van der Waals surface area contributed by atoms with Crippen LogP contribution in [0.1, 0.15) is 23.1 Å². The number of halogens is 3. The van der Waals surface area contributed by atoms with Crippen LogP contribution in [0.2, 0.25) is 0 Å². The van der Waals surface area contributed by atoms with E-state index in [-0.39, 0.29) is 16.3 Å². The predicted octanol–water partition coefficient (Wildman–Crippen LogP) is 4.20. The number of rotatable bonds is 5. The number of aromatic nitrogens is 3. The summed E-state index contributed by atoms with van der Waals surface area (Å²) in [5.41, 5.74) is 2.50.